The number of carboxylic acid groups (broad SMARTS) is 1. The highest BCUT2D eigenvalue weighted by atomic mass is 16.4. The number of nitrogens with one attached hydrogen (secondary N) is 1. The molecule has 0 saturated heterocycles. The van der Waals surface area contributed by atoms with Crippen LogP contribution in [-0.4, -0.2) is 42.2 Å². The highest BCUT2D eigenvalue weighted by molar-refractivity contribution is 5.83. The molecule has 2 aliphatic heterocycles. The molecule has 0 saturated carbocycles. The van der Waals surface area contributed by atoms with Crippen molar-refractivity contribution in [3.8, 4) is 11.5 Å². The summed E-state index contributed by atoms with van der Waals surface area (Å²) in [5.41, 5.74) is 2.76. The van der Waals surface area contributed by atoms with E-state index in [0.717, 1.165) is 27.5 Å². The number of aryl methyl sites for hydroxylation is 2. The summed E-state index contributed by atoms with van der Waals surface area (Å²) < 4.78 is 1.71. The van der Waals surface area contributed by atoms with Gasteiger partial charge in [-0.1, -0.05) is 36.4 Å². The molecule has 5 rings (SSSR count). The minimum absolute atomic E-state index is 0.0387. The normalized spacial score (nSPS) is 11.4. The Bertz CT molecular complexity index is 1690. The van der Waals surface area contributed by atoms with Crippen LogP contribution in [0.1, 0.15) is 16.7 Å². The number of nitrogens with zero attached hydrogens (tertiary/aromatic N) is 4. The van der Waals surface area contributed by atoms with Gasteiger partial charge in [-0.25, -0.2) is 14.6 Å². The Kier molecular flexibility index (Phi) is 5.52. The molecule has 176 valence electrons. The van der Waals surface area contributed by atoms with Crippen molar-refractivity contribution in [1.29, 1.82) is 0 Å². The van der Waals surface area contributed by atoms with Crippen molar-refractivity contribution in [3.05, 3.63) is 92.1 Å². The quantitative estimate of drug-likeness (QED) is 0.380. The van der Waals surface area contributed by atoms with Crippen molar-refractivity contribution < 1.29 is 9.90 Å². The summed E-state index contributed by atoms with van der Waals surface area (Å²) in [4.78, 5) is 48.5. The van der Waals surface area contributed by atoms with Gasteiger partial charge in [0.2, 0.25) is 0 Å². The first-order valence-corrected chi connectivity index (χ1v) is 11.2. The molecular weight excluding hydrogens is 446 g/mol. The van der Waals surface area contributed by atoms with E-state index in [-0.39, 0.29) is 31.2 Å². The third-order valence-corrected chi connectivity index (χ3v) is 6.28. The van der Waals surface area contributed by atoms with E-state index < -0.39 is 17.3 Å². The fourth-order valence-corrected chi connectivity index (χ4v) is 4.30. The lowest BCUT2D eigenvalue weighted by Gasteiger charge is -2.23. The Balaban J connectivity index is 1.54. The molecular formula is C26H23N5O4. The average Bonchev–Trinajstić information content (AvgIpc) is 2.82. The molecule has 0 aromatic heterocycles. The average molecular weight is 470 g/mol. The molecule has 0 fully saturated rings. The third kappa shape index (κ3) is 4.23. The van der Waals surface area contributed by atoms with Gasteiger partial charge >= 0.3 is 11.8 Å². The number of rotatable bonds is 5. The van der Waals surface area contributed by atoms with Crippen molar-refractivity contribution in [2.75, 3.05) is 6.54 Å². The molecule has 2 aliphatic rings. The predicted octanol–water partition coefficient (Wildman–Crippen LogP) is 3.53. The van der Waals surface area contributed by atoms with Crippen LogP contribution in [0.5, 0.6) is 0 Å². The van der Waals surface area contributed by atoms with E-state index in [1.54, 1.807) is 4.57 Å². The smallest absolute Gasteiger partial charge is 0.407 e. The van der Waals surface area contributed by atoms with Gasteiger partial charge in [0.05, 0.1) is 11.0 Å². The van der Waals surface area contributed by atoms with Crippen LogP contribution in [-0.2, 0) is 13.1 Å². The second kappa shape index (κ2) is 8.68. The van der Waals surface area contributed by atoms with E-state index >= 15 is 0 Å². The topological polar surface area (TPSA) is 121 Å². The lowest BCUT2D eigenvalue weighted by molar-refractivity contribution is 0.140. The summed E-state index contributed by atoms with van der Waals surface area (Å²) in [6, 6.07) is 17.6. The summed E-state index contributed by atoms with van der Waals surface area (Å²) >= 11 is 0. The van der Waals surface area contributed by atoms with Gasteiger partial charge in [-0.2, -0.15) is 4.98 Å². The molecule has 0 unspecified atom stereocenters. The molecule has 0 atom stereocenters. The minimum Gasteiger partial charge on any atom is -0.465 e. The molecule has 3 aromatic rings. The lowest BCUT2D eigenvalue weighted by Crippen LogP contribution is -2.34. The van der Waals surface area contributed by atoms with Crippen LogP contribution in [0.3, 0.4) is 0 Å². The third-order valence-electron chi connectivity index (χ3n) is 6.28. The number of fused-ring (bicyclic) bond motifs is 3. The maximum atomic E-state index is 12.5. The van der Waals surface area contributed by atoms with Gasteiger partial charge in [-0.3, -0.25) is 9.78 Å². The van der Waals surface area contributed by atoms with E-state index in [1.807, 2.05) is 68.4 Å². The van der Waals surface area contributed by atoms with Gasteiger partial charge in [-0.15, -0.1) is 0 Å². The minimum atomic E-state index is -1.07. The Labute approximate surface area is 199 Å². The monoisotopic (exact) mass is 469 g/mol. The van der Waals surface area contributed by atoms with Gasteiger partial charge in [0, 0.05) is 19.6 Å². The number of H-pyrrole nitrogens is 1. The van der Waals surface area contributed by atoms with Crippen LogP contribution in [0.15, 0.2) is 64.2 Å². The Morgan fingerprint density at radius 3 is 2.51 bits per heavy atom. The first-order valence-electron chi connectivity index (χ1n) is 11.2. The van der Waals surface area contributed by atoms with Gasteiger partial charge in [0.15, 0.2) is 11.5 Å². The molecule has 0 radical (unpaired) electrons. The van der Waals surface area contributed by atoms with E-state index in [9.17, 15) is 19.5 Å². The first-order chi connectivity index (χ1) is 16.8. The van der Waals surface area contributed by atoms with Crippen LogP contribution >= 0.6 is 0 Å². The van der Waals surface area contributed by atoms with Gasteiger partial charge in [0.1, 0.15) is 0 Å². The number of hydrogen-bond donors (Lipinski definition) is 2. The van der Waals surface area contributed by atoms with E-state index in [2.05, 4.69) is 15.0 Å². The zero-order valence-electron chi connectivity index (χ0n) is 19.3. The van der Waals surface area contributed by atoms with Crippen LogP contribution in [0, 0.1) is 13.8 Å². The molecule has 0 aliphatic carbocycles. The van der Waals surface area contributed by atoms with Crippen LogP contribution in [0.2, 0.25) is 0 Å². The number of carbonyl (C=O) groups is 1. The predicted molar refractivity (Wildman–Crippen MR) is 133 cm³/mol. The maximum absolute atomic E-state index is 12.5. The van der Waals surface area contributed by atoms with Gasteiger partial charge < -0.3 is 14.6 Å². The largest absolute Gasteiger partial charge is 0.465 e. The van der Waals surface area contributed by atoms with E-state index in [1.165, 1.54) is 4.90 Å². The zero-order valence-corrected chi connectivity index (χ0v) is 19.3. The van der Waals surface area contributed by atoms with Crippen molar-refractivity contribution in [2.45, 2.75) is 26.9 Å². The molecule has 9 heteroatoms. The molecule has 2 heterocycles. The van der Waals surface area contributed by atoms with E-state index in [4.69, 9.17) is 0 Å². The molecule has 0 spiro atoms. The highest BCUT2D eigenvalue weighted by Crippen LogP contribution is 2.24. The van der Waals surface area contributed by atoms with Crippen molar-refractivity contribution in [3.63, 3.8) is 0 Å². The SMILES string of the molecule is Cc1cc2nc3c(=O)[nH]c(=O)nc-3n(CCN(Cc3ccc4ccccc4c3)C(=O)O)c2cc1C. The molecule has 3 aromatic carbocycles. The maximum Gasteiger partial charge on any atom is 0.407 e. The standard InChI is InChI=1S/C26H23N5O4/c1-15-11-20-21(12-16(15)2)31(23-22(27-20)24(32)29-25(33)28-23)10-9-30(26(34)35)14-17-7-8-18-5-3-4-6-19(18)13-17/h3-8,11-13H,9-10,14H2,1-2H3,(H,34,35)(H,29,32,33). The van der Waals surface area contributed by atoms with E-state index in [0.29, 0.717) is 11.0 Å². The Morgan fingerprint density at radius 2 is 1.74 bits per heavy atom. The Morgan fingerprint density at radius 1 is 1.00 bits per heavy atom. The second-order valence-electron chi connectivity index (χ2n) is 8.62. The Hall–Kier alpha value is -4.53. The molecule has 9 nitrogen and oxygen atoms in total. The van der Waals surface area contributed by atoms with Crippen LogP contribution in [0.4, 0.5) is 4.79 Å². The number of amides is 1. The van der Waals surface area contributed by atoms with Crippen LogP contribution < -0.4 is 11.2 Å². The lowest BCUT2D eigenvalue weighted by atomic mass is 10.1. The van der Waals surface area contributed by atoms with Crippen molar-refractivity contribution in [2.24, 2.45) is 0 Å². The number of aromatic nitrogens is 4. The highest BCUT2D eigenvalue weighted by Gasteiger charge is 2.21. The fraction of sp³-hybridized carbons (Fsp3) is 0.192. The van der Waals surface area contributed by atoms with Crippen molar-refractivity contribution in [1.82, 2.24) is 24.4 Å². The number of aromatic amines is 1. The molecule has 0 bridgehead atoms. The summed E-state index contributed by atoms with van der Waals surface area (Å²) in [6.07, 6.45) is -1.07. The second-order valence-corrected chi connectivity index (χ2v) is 8.62. The summed E-state index contributed by atoms with van der Waals surface area (Å²) in [7, 11) is 0. The molecule has 35 heavy (non-hydrogen) atoms. The van der Waals surface area contributed by atoms with Gasteiger partial charge in [-0.05, 0) is 59.5 Å². The fourth-order valence-electron chi connectivity index (χ4n) is 4.30. The number of benzene rings is 3. The molecule has 1 amide bonds. The summed E-state index contributed by atoms with van der Waals surface area (Å²) in [6.45, 7) is 4.41. The summed E-state index contributed by atoms with van der Waals surface area (Å²) in [5.74, 6) is 0.130. The molecule has 2 N–H and O–H groups in total. The van der Waals surface area contributed by atoms with Gasteiger partial charge in [0.25, 0.3) is 5.56 Å². The zero-order chi connectivity index (χ0) is 24.7. The van der Waals surface area contributed by atoms with Crippen molar-refractivity contribution >= 4 is 27.9 Å². The summed E-state index contributed by atoms with van der Waals surface area (Å²) in [5, 5.41) is 12.0. The number of hydrogen-bond acceptors (Lipinski definition) is 5. The van der Waals surface area contributed by atoms with Crippen LogP contribution in [0.25, 0.3) is 33.3 Å². The first kappa shape index (κ1) is 22.3.